The summed E-state index contributed by atoms with van der Waals surface area (Å²) in [4.78, 5) is 0.116. The van der Waals surface area contributed by atoms with Gasteiger partial charge in [0.15, 0.2) is 0 Å². The quantitative estimate of drug-likeness (QED) is 0.724. The summed E-state index contributed by atoms with van der Waals surface area (Å²) in [6.45, 7) is 2.73. The Labute approximate surface area is 166 Å². The maximum atomic E-state index is 12.7. The third-order valence-electron chi connectivity index (χ3n) is 4.60. The summed E-state index contributed by atoms with van der Waals surface area (Å²) < 4.78 is 54.9. The van der Waals surface area contributed by atoms with E-state index in [0.29, 0.717) is 6.42 Å². The van der Waals surface area contributed by atoms with E-state index in [4.69, 9.17) is 0 Å². The number of hydrogen-bond donors (Lipinski definition) is 0. The van der Waals surface area contributed by atoms with Crippen LogP contribution in [0.3, 0.4) is 0 Å². The topological polar surface area (TPSA) is 92.6 Å². The predicted octanol–water partition coefficient (Wildman–Crippen LogP) is 1.43. The molecule has 0 atom stereocenters. The highest BCUT2D eigenvalue weighted by Gasteiger charge is 2.30. The van der Waals surface area contributed by atoms with Crippen LogP contribution in [0.2, 0.25) is 0 Å². The van der Waals surface area contributed by atoms with Gasteiger partial charge in [0.05, 0.1) is 6.20 Å². The first kappa shape index (κ1) is 20.7. The molecule has 1 fully saturated rings. The summed E-state index contributed by atoms with van der Waals surface area (Å²) >= 11 is 0. The second-order valence-electron chi connectivity index (χ2n) is 6.76. The minimum Gasteiger partial charge on any atom is -0.274 e. The van der Waals surface area contributed by atoms with Crippen LogP contribution in [0.25, 0.3) is 6.08 Å². The van der Waals surface area contributed by atoms with Crippen LogP contribution in [-0.2, 0) is 27.1 Å². The van der Waals surface area contributed by atoms with Gasteiger partial charge in [-0.1, -0.05) is 29.8 Å². The largest absolute Gasteiger partial charge is 0.274 e. The Hall–Kier alpha value is -2.01. The van der Waals surface area contributed by atoms with Crippen molar-refractivity contribution in [1.82, 2.24) is 18.4 Å². The standard InChI is InChI=1S/C18H24N4O4S2/c1-16-4-6-17(7-5-16)8-13-27(23,24)21-9-3-10-22(12-11-21)28(25,26)18-14-19-20(2)15-18/h4-8,13-15H,3,9-12H2,1-2H3. The van der Waals surface area contributed by atoms with Crippen molar-refractivity contribution in [1.29, 1.82) is 0 Å². The molecule has 1 aliphatic rings. The SMILES string of the molecule is Cc1ccc(C=CS(=O)(=O)N2CCCN(S(=O)(=O)c3cnn(C)c3)CC2)cc1. The molecule has 1 aromatic heterocycles. The van der Waals surface area contributed by atoms with Crippen molar-refractivity contribution in [3.8, 4) is 0 Å². The Balaban J connectivity index is 1.71. The number of nitrogens with zero attached hydrogens (tertiary/aromatic N) is 4. The highest BCUT2D eigenvalue weighted by Crippen LogP contribution is 2.19. The fourth-order valence-electron chi connectivity index (χ4n) is 2.97. The molecule has 0 aliphatic carbocycles. The summed E-state index contributed by atoms with van der Waals surface area (Å²) in [5, 5.41) is 5.09. The first-order chi connectivity index (χ1) is 13.2. The molecule has 0 unspecified atom stereocenters. The molecule has 1 saturated heterocycles. The lowest BCUT2D eigenvalue weighted by Crippen LogP contribution is -2.36. The highest BCUT2D eigenvalue weighted by molar-refractivity contribution is 7.92. The van der Waals surface area contributed by atoms with Gasteiger partial charge in [-0.3, -0.25) is 4.68 Å². The van der Waals surface area contributed by atoms with E-state index in [0.717, 1.165) is 11.1 Å². The number of aromatic nitrogens is 2. The molecule has 10 heteroatoms. The molecule has 2 aromatic rings. The third kappa shape index (κ3) is 4.69. The second-order valence-corrected chi connectivity index (χ2v) is 10.5. The van der Waals surface area contributed by atoms with E-state index in [2.05, 4.69) is 5.10 Å². The van der Waals surface area contributed by atoms with Gasteiger partial charge in [-0.2, -0.15) is 13.7 Å². The van der Waals surface area contributed by atoms with E-state index >= 15 is 0 Å². The Bertz CT molecular complexity index is 1060. The summed E-state index contributed by atoms with van der Waals surface area (Å²) in [5.41, 5.74) is 1.90. The average Bonchev–Trinajstić information content (AvgIpc) is 2.93. The fraction of sp³-hybridized carbons (Fsp3) is 0.389. The Morgan fingerprint density at radius 1 is 0.964 bits per heavy atom. The summed E-state index contributed by atoms with van der Waals surface area (Å²) in [6.07, 6.45) is 4.74. The third-order valence-corrected chi connectivity index (χ3v) is 8.02. The van der Waals surface area contributed by atoms with Crippen molar-refractivity contribution >= 4 is 26.1 Å². The first-order valence-electron chi connectivity index (χ1n) is 8.92. The van der Waals surface area contributed by atoms with Crippen LogP contribution in [-0.4, -0.2) is 61.4 Å². The molecule has 0 radical (unpaired) electrons. The molecular formula is C18H24N4O4S2. The lowest BCUT2D eigenvalue weighted by Gasteiger charge is -2.20. The molecule has 1 aliphatic heterocycles. The van der Waals surface area contributed by atoms with Crippen LogP contribution >= 0.6 is 0 Å². The molecule has 0 N–H and O–H groups in total. The Morgan fingerprint density at radius 3 is 2.25 bits per heavy atom. The zero-order valence-corrected chi connectivity index (χ0v) is 17.5. The van der Waals surface area contributed by atoms with Crippen LogP contribution in [0.4, 0.5) is 0 Å². The van der Waals surface area contributed by atoms with Gasteiger partial charge in [-0.25, -0.2) is 16.8 Å². The monoisotopic (exact) mass is 424 g/mol. The van der Waals surface area contributed by atoms with Gasteiger partial charge in [0, 0.05) is 44.8 Å². The van der Waals surface area contributed by atoms with Gasteiger partial charge in [0.1, 0.15) is 4.90 Å². The average molecular weight is 425 g/mol. The molecule has 2 heterocycles. The fourth-order valence-corrected chi connectivity index (χ4v) is 5.65. The number of hydrogen-bond acceptors (Lipinski definition) is 5. The number of benzene rings is 1. The molecule has 0 saturated carbocycles. The lowest BCUT2D eigenvalue weighted by atomic mass is 10.2. The second kappa shape index (κ2) is 8.16. The molecule has 152 valence electrons. The van der Waals surface area contributed by atoms with Gasteiger partial charge >= 0.3 is 0 Å². The molecule has 1 aromatic carbocycles. The van der Waals surface area contributed by atoms with E-state index < -0.39 is 20.0 Å². The maximum absolute atomic E-state index is 12.7. The van der Waals surface area contributed by atoms with Crippen molar-refractivity contribution in [3.05, 3.63) is 53.2 Å². The number of rotatable bonds is 5. The summed E-state index contributed by atoms with van der Waals surface area (Å²) in [5.74, 6) is 0. The van der Waals surface area contributed by atoms with Crippen molar-refractivity contribution in [2.75, 3.05) is 26.2 Å². The lowest BCUT2D eigenvalue weighted by molar-refractivity contribution is 0.407. The number of sulfonamides is 2. The van der Waals surface area contributed by atoms with E-state index in [1.165, 1.54) is 31.1 Å². The summed E-state index contributed by atoms with van der Waals surface area (Å²) in [6, 6.07) is 7.54. The van der Waals surface area contributed by atoms with E-state index in [1.807, 2.05) is 31.2 Å². The molecule has 0 bridgehead atoms. The van der Waals surface area contributed by atoms with Gasteiger partial charge < -0.3 is 0 Å². The van der Waals surface area contributed by atoms with Crippen LogP contribution in [0.1, 0.15) is 17.5 Å². The molecule has 8 nitrogen and oxygen atoms in total. The maximum Gasteiger partial charge on any atom is 0.246 e. The van der Waals surface area contributed by atoms with Gasteiger partial charge in [0.2, 0.25) is 20.0 Å². The molecule has 28 heavy (non-hydrogen) atoms. The van der Waals surface area contributed by atoms with Crippen LogP contribution in [0, 0.1) is 6.92 Å². The van der Waals surface area contributed by atoms with Crippen LogP contribution in [0.15, 0.2) is 47.0 Å². The van der Waals surface area contributed by atoms with Gasteiger partial charge in [-0.05, 0) is 25.0 Å². The van der Waals surface area contributed by atoms with E-state index in [1.54, 1.807) is 13.1 Å². The zero-order valence-electron chi connectivity index (χ0n) is 15.9. The van der Waals surface area contributed by atoms with Crippen molar-refractivity contribution in [2.24, 2.45) is 7.05 Å². The van der Waals surface area contributed by atoms with Gasteiger partial charge in [-0.15, -0.1) is 0 Å². The zero-order chi connectivity index (χ0) is 20.4. The smallest absolute Gasteiger partial charge is 0.246 e. The Morgan fingerprint density at radius 2 is 1.61 bits per heavy atom. The van der Waals surface area contributed by atoms with Crippen LogP contribution in [0.5, 0.6) is 0 Å². The van der Waals surface area contributed by atoms with Gasteiger partial charge in [0.25, 0.3) is 0 Å². The number of aryl methyl sites for hydroxylation is 2. The minimum absolute atomic E-state index is 0.106. The van der Waals surface area contributed by atoms with E-state index in [-0.39, 0.29) is 31.1 Å². The predicted molar refractivity (Wildman–Crippen MR) is 107 cm³/mol. The highest BCUT2D eigenvalue weighted by atomic mass is 32.2. The first-order valence-corrected chi connectivity index (χ1v) is 11.9. The van der Waals surface area contributed by atoms with Crippen molar-refractivity contribution in [3.63, 3.8) is 0 Å². The minimum atomic E-state index is -3.68. The molecule has 3 rings (SSSR count). The van der Waals surface area contributed by atoms with E-state index in [9.17, 15) is 16.8 Å². The molecular weight excluding hydrogens is 400 g/mol. The Kier molecular flexibility index (Phi) is 6.04. The molecule has 0 spiro atoms. The summed E-state index contributed by atoms with van der Waals surface area (Å²) in [7, 11) is -5.66. The van der Waals surface area contributed by atoms with Crippen molar-refractivity contribution < 1.29 is 16.8 Å². The van der Waals surface area contributed by atoms with Crippen LogP contribution < -0.4 is 0 Å². The van der Waals surface area contributed by atoms with Crippen molar-refractivity contribution in [2.45, 2.75) is 18.2 Å². The molecule has 0 amide bonds. The normalized spacial score (nSPS) is 17.8.